The van der Waals surface area contributed by atoms with Crippen LogP contribution in [0.3, 0.4) is 0 Å². The predicted molar refractivity (Wildman–Crippen MR) is 139 cm³/mol. The van der Waals surface area contributed by atoms with Gasteiger partial charge in [0.2, 0.25) is 5.91 Å². The number of hydrogen-bond acceptors (Lipinski definition) is 6. The second-order valence-electron chi connectivity index (χ2n) is 10.3. The number of Topliss-reactive ketones (excluding diaryl/α,β-unsaturated/α-hetero) is 1. The maximum atomic E-state index is 12.8. The van der Waals surface area contributed by atoms with Crippen LogP contribution in [0.4, 0.5) is 0 Å². The Morgan fingerprint density at radius 3 is 2.43 bits per heavy atom. The average Bonchev–Trinajstić information content (AvgIpc) is 3.41. The molecule has 4 rings (SSSR count). The minimum absolute atomic E-state index is 0.115. The van der Waals surface area contributed by atoms with Crippen molar-refractivity contribution in [1.29, 1.82) is 0 Å². The van der Waals surface area contributed by atoms with E-state index in [4.69, 9.17) is 14.2 Å². The Morgan fingerprint density at radius 2 is 1.73 bits per heavy atom. The smallest absolute Gasteiger partial charge is 0.223 e. The van der Waals surface area contributed by atoms with E-state index in [1.165, 1.54) is 4.90 Å². The lowest BCUT2D eigenvalue weighted by Gasteiger charge is -2.27. The maximum Gasteiger partial charge on any atom is 0.223 e. The maximum absolute atomic E-state index is 12.8. The van der Waals surface area contributed by atoms with Crippen molar-refractivity contribution in [2.24, 2.45) is 5.92 Å². The molecule has 2 atom stereocenters. The van der Waals surface area contributed by atoms with Crippen molar-refractivity contribution in [1.82, 2.24) is 5.32 Å². The standard InChI is InChI=1S/C29H38N2O6/c1-20(2)17-25(32)21-5-8-23(9-6-21)35-14-11-28(33)30-24(19-31-12-3-4-13-31)29(34)22-7-10-26-27(18-22)37-16-15-36-26/h5-10,18,20,24,29,34H,3-4,11-17,19H2,1-2H3,(H,30,33)/p+1/t24-,29-/m1/s1. The van der Waals surface area contributed by atoms with Crippen molar-refractivity contribution >= 4 is 11.7 Å². The second kappa shape index (κ2) is 12.9. The summed E-state index contributed by atoms with van der Waals surface area (Å²) in [7, 11) is 0. The van der Waals surface area contributed by atoms with Crippen molar-refractivity contribution < 1.29 is 33.8 Å². The Bertz CT molecular complexity index is 1050. The monoisotopic (exact) mass is 511 g/mol. The molecule has 0 aromatic heterocycles. The number of nitrogens with one attached hydrogen (secondary N) is 2. The summed E-state index contributed by atoms with van der Waals surface area (Å²) in [5.74, 6) is 2.15. The summed E-state index contributed by atoms with van der Waals surface area (Å²) in [6.07, 6.45) is 2.12. The van der Waals surface area contributed by atoms with E-state index in [0.29, 0.717) is 60.5 Å². The van der Waals surface area contributed by atoms with Crippen LogP contribution in [-0.4, -0.2) is 62.3 Å². The Hall–Kier alpha value is -3.10. The highest BCUT2D eigenvalue weighted by Crippen LogP contribution is 2.33. The number of quaternary nitrogens is 1. The number of rotatable bonds is 12. The molecule has 0 unspecified atom stereocenters. The summed E-state index contributed by atoms with van der Waals surface area (Å²) in [6, 6.07) is 12.1. The third kappa shape index (κ3) is 7.69. The van der Waals surface area contributed by atoms with Crippen molar-refractivity contribution in [3.05, 3.63) is 53.6 Å². The Labute approximate surface area is 218 Å². The molecule has 3 N–H and O–H groups in total. The first-order valence-corrected chi connectivity index (χ1v) is 13.4. The number of fused-ring (bicyclic) bond motifs is 1. The number of aliphatic hydroxyl groups is 1. The van der Waals surface area contributed by atoms with E-state index in [0.717, 1.165) is 25.9 Å². The zero-order valence-corrected chi connectivity index (χ0v) is 21.8. The summed E-state index contributed by atoms with van der Waals surface area (Å²) < 4.78 is 17.0. The molecule has 1 fully saturated rings. The van der Waals surface area contributed by atoms with E-state index in [1.54, 1.807) is 30.3 Å². The van der Waals surface area contributed by atoms with E-state index in [9.17, 15) is 14.7 Å². The van der Waals surface area contributed by atoms with E-state index in [-0.39, 0.29) is 24.7 Å². The summed E-state index contributed by atoms with van der Waals surface area (Å²) in [5, 5.41) is 14.3. The summed E-state index contributed by atoms with van der Waals surface area (Å²) in [5.41, 5.74) is 1.36. The van der Waals surface area contributed by atoms with Gasteiger partial charge in [-0.15, -0.1) is 0 Å². The van der Waals surface area contributed by atoms with Crippen LogP contribution in [0.2, 0.25) is 0 Å². The molecule has 0 spiro atoms. The number of benzene rings is 2. The number of ketones is 1. The third-order valence-corrected chi connectivity index (χ3v) is 6.82. The minimum Gasteiger partial charge on any atom is -0.493 e. The van der Waals surface area contributed by atoms with Gasteiger partial charge in [-0.25, -0.2) is 0 Å². The molecule has 0 bridgehead atoms. The average molecular weight is 512 g/mol. The highest BCUT2D eigenvalue weighted by molar-refractivity contribution is 5.96. The molecular weight excluding hydrogens is 472 g/mol. The van der Waals surface area contributed by atoms with Crippen LogP contribution in [0.25, 0.3) is 0 Å². The molecule has 1 saturated heterocycles. The molecule has 0 aliphatic carbocycles. The molecule has 37 heavy (non-hydrogen) atoms. The molecule has 2 heterocycles. The van der Waals surface area contributed by atoms with Gasteiger partial charge in [0.15, 0.2) is 17.3 Å². The van der Waals surface area contributed by atoms with Crippen LogP contribution in [0.15, 0.2) is 42.5 Å². The minimum atomic E-state index is -0.871. The summed E-state index contributed by atoms with van der Waals surface area (Å²) >= 11 is 0. The molecule has 0 saturated carbocycles. The van der Waals surface area contributed by atoms with E-state index >= 15 is 0 Å². The Morgan fingerprint density at radius 1 is 1.03 bits per heavy atom. The van der Waals surface area contributed by atoms with E-state index < -0.39 is 12.1 Å². The molecule has 2 aromatic rings. The van der Waals surface area contributed by atoms with Crippen molar-refractivity contribution in [2.45, 2.75) is 51.7 Å². The third-order valence-electron chi connectivity index (χ3n) is 6.82. The molecule has 1 amide bonds. The fourth-order valence-corrected chi connectivity index (χ4v) is 4.87. The van der Waals surface area contributed by atoms with Crippen LogP contribution < -0.4 is 24.4 Å². The van der Waals surface area contributed by atoms with Crippen LogP contribution in [0.1, 0.15) is 61.6 Å². The second-order valence-corrected chi connectivity index (χ2v) is 10.3. The number of aliphatic hydroxyl groups excluding tert-OH is 1. The number of amides is 1. The molecule has 2 aliphatic heterocycles. The lowest BCUT2D eigenvalue weighted by molar-refractivity contribution is -0.889. The molecular formula is C29H39N2O6+. The molecule has 8 nitrogen and oxygen atoms in total. The van der Waals surface area contributed by atoms with Gasteiger partial charge in [0.05, 0.1) is 26.1 Å². The van der Waals surface area contributed by atoms with Gasteiger partial charge in [-0.2, -0.15) is 0 Å². The summed E-state index contributed by atoms with van der Waals surface area (Å²) in [6.45, 7) is 7.95. The molecule has 0 radical (unpaired) electrons. The molecule has 2 aromatic carbocycles. The molecule has 2 aliphatic rings. The first kappa shape index (κ1) is 26.9. The Balaban J connectivity index is 1.32. The first-order chi connectivity index (χ1) is 17.9. The van der Waals surface area contributed by atoms with E-state index in [1.807, 2.05) is 26.0 Å². The quantitative estimate of drug-likeness (QED) is 0.379. The van der Waals surface area contributed by atoms with Crippen molar-refractivity contribution in [3.8, 4) is 17.2 Å². The SMILES string of the molecule is CC(C)CC(=O)c1ccc(OCCC(=O)N[C@H](C[NH+]2CCCC2)[C@H](O)c2ccc3c(c2)OCCO3)cc1. The molecule has 8 heteroatoms. The zero-order valence-electron chi connectivity index (χ0n) is 21.8. The fourth-order valence-electron chi connectivity index (χ4n) is 4.87. The lowest BCUT2D eigenvalue weighted by atomic mass is 10.0. The van der Waals surface area contributed by atoms with Crippen LogP contribution in [0, 0.1) is 5.92 Å². The first-order valence-electron chi connectivity index (χ1n) is 13.4. The lowest BCUT2D eigenvalue weighted by Crippen LogP contribution is -3.11. The van der Waals surface area contributed by atoms with Gasteiger partial charge in [-0.1, -0.05) is 19.9 Å². The topological polar surface area (TPSA) is 98.5 Å². The van der Waals surface area contributed by atoms with Gasteiger partial charge in [0.25, 0.3) is 0 Å². The van der Waals surface area contributed by atoms with Crippen LogP contribution >= 0.6 is 0 Å². The number of ether oxygens (including phenoxy) is 3. The summed E-state index contributed by atoms with van der Waals surface area (Å²) in [4.78, 5) is 26.4. The number of carbonyl (C=O) groups excluding carboxylic acids is 2. The van der Waals surface area contributed by atoms with Gasteiger partial charge in [0.1, 0.15) is 37.7 Å². The van der Waals surface area contributed by atoms with Crippen LogP contribution in [0.5, 0.6) is 17.2 Å². The van der Waals surface area contributed by atoms with Crippen molar-refractivity contribution in [2.75, 3.05) is 39.5 Å². The van der Waals surface area contributed by atoms with Crippen molar-refractivity contribution in [3.63, 3.8) is 0 Å². The number of likely N-dealkylation sites (tertiary alicyclic amines) is 1. The zero-order chi connectivity index (χ0) is 26.2. The molecule has 200 valence electrons. The van der Waals surface area contributed by atoms with Gasteiger partial charge in [-0.3, -0.25) is 9.59 Å². The van der Waals surface area contributed by atoms with E-state index in [2.05, 4.69) is 5.32 Å². The largest absolute Gasteiger partial charge is 0.493 e. The number of carbonyl (C=O) groups is 2. The fraction of sp³-hybridized carbons (Fsp3) is 0.517. The predicted octanol–water partition coefficient (Wildman–Crippen LogP) is 2.35. The van der Waals surface area contributed by atoms with Gasteiger partial charge < -0.3 is 29.5 Å². The normalized spacial score (nSPS) is 16.9. The van der Waals surface area contributed by atoms with Crippen LogP contribution in [-0.2, 0) is 4.79 Å². The van der Waals surface area contributed by atoms with Gasteiger partial charge in [0, 0.05) is 24.8 Å². The Kier molecular flexibility index (Phi) is 9.41. The van der Waals surface area contributed by atoms with Gasteiger partial charge >= 0.3 is 0 Å². The highest BCUT2D eigenvalue weighted by Gasteiger charge is 2.30. The van der Waals surface area contributed by atoms with Gasteiger partial charge in [-0.05, 0) is 47.9 Å². The highest BCUT2D eigenvalue weighted by atomic mass is 16.6. The number of hydrogen-bond donors (Lipinski definition) is 3.